The van der Waals surface area contributed by atoms with E-state index in [1.807, 2.05) is 0 Å². The average Bonchev–Trinajstić information content (AvgIpc) is 2.43. The Bertz CT molecular complexity index is 454. The highest BCUT2D eigenvalue weighted by Gasteiger charge is 2.09. The molecule has 19 heavy (non-hydrogen) atoms. The number of aryl methyl sites for hydroxylation is 1. The summed E-state index contributed by atoms with van der Waals surface area (Å²) in [5.74, 6) is 0.655. The molecule has 0 aliphatic heterocycles. The van der Waals surface area contributed by atoms with Crippen molar-refractivity contribution in [3.8, 4) is 0 Å². The molecule has 2 heteroatoms. The molecule has 0 radical (unpaired) electrons. The highest BCUT2D eigenvalue weighted by Crippen LogP contribution is 2.18. The van der Waals surface area contributed by atoms with Gasteiger partial charge in [0.2, 0.25) is 0 Å². The van der Waals surface area contributed by atoms with Gasteiger partial charge >= 0.3 is 0 Å². The molecule has 1 unspecified atom stereocenters. The van der Waals surface area contributed by atoms with Crippen molar-refractivity contribution in [3.05, 3.63) is 68.8 Å². The Morgan fingerprint density at radius 3 is 1.84 bits per heavy atom. The third-order valence-electron chi connectivity index (χ3n) is 3.30. The van der Waals surface area contributed by atoms with Gasteiger partial charge in [-0.1, -0.05) is 57.9 Å². The molecule has 0 aromatic heterocycles. The van der Waals surface area contributed by atoms with Crippen molar-refractivity contribution in [1.29, 1.82) is 0 Å². The fraction of sp³-hybridized carbons (Fsp3) is 0.294. The number of rotatable bonds is 5. The maximum atomic E-state index is 3.66. The summed E-state index contributed by atoms with van der Waals surface area (Å²) in [5.41, 5.74) is 4.19. The smallest absolute Gasteiger partial charge is 0.0130 e. The van der Waals surface area contributed by atoms with Crippen molar-refractivity contribution in [2.75, 3.05) is 5.33 Å². The van der Waals surface area contributed by atoms with E-state index in [0.29, 0.717) is 5.92 Å². The molecule has 2 rings (SSSR count). The second-order valence-corrected chi connectivity index (χ2v) is 6.93. The van der Waals surface area contributed by atoms with Gasteiger partial charge in [-0.25, -0.2) is 0 Å². The van der Waals surface area contributed by atoms with Gasteiger partial charge in [-0.15, -0.1) is 0 Å². The average molecular weight is 429 g/mol. The van der Waals surface area contributed by atoms with Crippen molar-refractivity contribution < 1.29 is 0 Å². The maximum Gasteiger partial charge on any atom is 0.0130 e. The summed E-state index contributed by atoms with van der Waals surface area (Å²) in [6, 6.07) is 17.8. The third-order valence-corrected chi connectivity index (χ3v) is 4.94. The molecule has 100 valence electrons. The topological polar surface area (TPSA) is 0 Å². The van der Waals surface area contributed by atoms with E-state index in [1.165, 1.54) is 20.3 Å². The van der Waals surface area contributed by atoms with E-state index in [9.17, 15) is 0 Å². The lowest BCUT2D eigenvalue weighted by Crippen LogP contribution is -2.10. The molecule has 0 saturated carbocycles. The summed E-state index contributed by atoms with van der Waals surface area (Å²) >= 11 is 6.01. The third kappa shape index (κ3) is 4.92. The van der Waals surface area contributed by atoms with Crippen LogP contribution in [-0.2, 0) is 12.8 Å². The largest absolute Gasteiger partial charge is 0.0925 e. The normalized spacial score (nSPS) is 12.4. The predicted molar refractivity (Wildman–Crippen MR) is 95.0 cm³/mol. The maximum absolute atomic E-state index is 3.66. The van der Waals surface area contributed by atoms with Crippen LogP contribution in [0.5, 0.6) is 0 Å². The zero-order valence-electron chi connectivity index (χ0n) is 11.1. The Balaban J connectivity index is 2.00. The first-order valence-electron chi connectivity index (χ1n) is 6.53. The Morgan fingerprint density at radius 2 is 1.37 bits per heavy atom. The van der Waals surface area contributed by atoms with E-state index in [1.54, 1.807) is 0 Å². The Kier molecular flexibility index (Phi) is 5.89. The van der Waals surface area contributed by atoms with Crippen LogP contribution >= 0.6 is 38.5 Å². The highest BCUT2D eigenvalue weighted by atomic mass is 127. The molecule has 0 spiro atoms. The van der Waals surface area contributed by atoms with Crippen LogP contribution in [0.2, 0.25) is 0 Å². The summed E-state index contributed by atoms with van der Waals surface area (Å²) in [7, 11) is 0. The van der Waals surface area contributed by atoms with Gasteiger partial charge in [0.15, 0.2) is 0 Å². The van der Waals surface area contributed by atoms with Crippen molar-refractivity contribution in [1.82, 2.24) is 0 Å². The molecule has 2 aromatic rings. The van der Waals surface area contributed by atoms with Crippen LogP contribution in [0.3, 0.4) is 0 Å². The van der Waals surface area contributed by atoms with Crippen molar-refractivity contribution in [2.24, 2.45) is 5.92 Å². The van der Waals surface area contributed by atoms with Gasteiger partial charge in [0.1, 0.15) is 0 Å². The van der Waals surface area contributed by atoms with E-state index in [4.69, 9.17) is 0 Å². The van der Waals surface area contributed by atoms with Gasteiger partial charge in [-0.2, -0.15) is 0 Å². The van der Waals surface area contributed by atoms with Gasteiger partial charge in [0, 0.05) is 8.90 Å². The first kappa shape index (κ1) is 15.0. The lowest BCUT2D eigenvalue weighted by Gasteiger charge is -2.14. The molecular weight excluding hydrogens is 411 g/mol. The summed E-state index contributed by atoms with van der Waals surface area (Å²) in [6.45, 7) is 2.14. The Morgan fingerprint density at radius 1 is 0.895 bits per heavy atom. The minimum Gasteiger partial charge on any atom is -0.0925 e. The van der Waals surface area contributed by atoms with E-state index < -0.39 is 0 Å². The van der Waals surface area contributed by atoms with Crippen molar-refractivity contribution in [2.45, 2.75) is 19.8 Å². The van der Waals surface area contributed by atoms with E-state index >= 15 is 0 Å². The van der Waals surface area contributed by atoms with Crippen molar-refractivity contribution >= 4 is 38.5 Å². The number of hydrogen-bond acceptors (Lipinski definition) is 0. The quantitative estimate of drug-likeness (QED) is 0.442. The molecule has 0 aliphatic carbocycles. The molecule has 0 bridgehead atoms. The van der Waals surface area contributed by atoms with E-state index in [2.05, 4.69) is 94.0 Å². The number of hydrogen-bond donors (Lipinski definition) is 0. The van der Waals surface area contributed by atoms with Gasteiger partial charge in [0.25, 0.3) is 0 Å². The summed E-state index contributed by atoms with van der Waals surface area (Å²) in [6.07, 6.45) is 2.27. The number of halogens is 2. The Labute approximate surface area is 137 Å². The van der Waals surface area contributed by atoms with Crippen LogP contribution in [0.4, 0.5) is 0 Å². The number of alkyl halides is 1. The fourth-order valence-corrected chi connectivity index (χ4v) is 3.01. The lowest BCUT2D eigenvalue weighted by atomic mass is 9.94. The number of benzene rings is 2. The molecule has 0 nitrogen and oxygen atoms in total. The molecule has 0 saturated heterocycles. The fourth-order valence-electron chi connectivity index (χ4n) is 2.19. The van der Waals surface area contributed by atoms with Gasteiger partial charge < -0.3 is 0 Å². The van der Waals surface area contributed by atoms with Crippen LogP contribution < -0.4 is 0 Å². The molecule has 0 amide bonds. The predicted octanol–water partition coefficient (Wildman–Crippen LogP) is 5.40. The summed E-state index contributed by atoms with van der Waals surface area (Å²) < 4.78 is 1.30. The van der Waals surface area contributed by atoms with Crippen LogP contribution in [0.15, 0.2) is 48.5 Å². The monoisotopic (exact) mass is 428 g/mol. The van der Waals surface area contributed by atoms with Crippen LogP contribution in [0.25, 0.3) is 0 Å². The first-order chi connectivity index (χ1) is 9.17. The minimum atomic E-state index is 0.655. The second kappa shape index (κ2) is 7.44. The molecule has 2 aromatic carbocycles. The molecule has 0 heterocycles. The van der Waals surface area contributed by atoms with Crippen LogP contribution in [-0.4, -0.2) is 5.33 Å². The van der Waals surface area contributed by atoms with Gasteiger partial charge in [-0.3, -0.25) is 0 Å². The van der Waals surface area contributed by atoms with Gasteiger partial charge in [0.05, 0.1) is 0 Å². The van der Waals surface area contributed by atoms with Crippen molar-refractivity contribution in [3.63, 3.8) is 0 Å². The first-order valence-corrected chi connectivity index (χ1v) is 8.73. The van der Waals surface area contributed by atoms with Crippen LogP contribution in [0.1, 0.15) is 16.7 Å². The Hall–Kier alpha value is -0.350. The lowest BCUT2D eigenvalue weighted by molar-refractivity contribution is 0.591. The molecular formula is C17H18BrI. The zero-order valence-corrected chi connectivity index (χ0v) is 14.8. The van der Waals surface area contributed by atoms with E-state index in [0.717, 1.165) is 18.2 Å². The zero-order chi connectivity index (χ0) is 13.7. The van der Waals surface area contributed by atoms with Gasteiger partial charge in [-0.05, 0) is 71.5 Å². The highest BCUT2D eigenvalue weighted by molar-refractivity contribution is 14.1. The second-order valence-electron chi connectivity index (χ2n) is 5.04. The molecule has 0 aliphatic rings. The summed E-state index contributed by atoms with van der Waals surface area (Å²) in [5, 5.41) is 1.05. The molecule has 0 fully saturated rings. The SMILES string of the molecule is Cc1ccc(CC(CBr)Cc2ccc(I)cc2)cc1. The molecule has 1 atom stereocenters. The molecule has 0 N–H and O–H groups in total. The minimum absolute atomic E-state index is 0.655. The van der Waals surface area contributed by atoms with E-state index in [-0.39, 0.29) is 0 Å². The van der Waals surface area contributed by atoms with Crippen LogP contribution in [0, 0.1) is 16.4 Å². The summed E-state index contributed by atoms with van der Waals surface area (Å²) in [4.78, 5) is 0. The standard InChI is InChI=1S/C17H18BrI/c1-13-2-4-14(5-3-13)10-16(12-18)11-15-6-8-17(19)9-7-15/h2-9,16H,10-12H2,1H3.